The van der Waals surface area contributed by atoms with Crippen LogP contribution in [-0.4, -0.2) is 39.5 Å². The molecule has 47 heavy (non-hydrogen) atoms. The van der Waals surface area contributed by atoms with Crippen LogP contribution in [0.4, 0.5) is 0 Å². The molecule has 0 N–H and O–H groups in total. The van der Waals surface area contributed by atoms with Gasteiger partial charge < -0.3 is 24.0 Å². The van der Waals surface area contributed by atoms with E-state index in [0.29, 0.717) is 51.4 Å². The second kappa shape index (κ2) is 14.1. The summed E-state index contributed by atoms with van der Waals surface area (Å²) < 4.78 is 14.3. The van der Waals surface area contributed by atoms with Gasteiger partial charge in [0.1, 0.15) is 12.7 Å². The fourth-order valence-corrected chi connectivity index (χ4v) is 4.92. The third kappa shape index (κ3) is 6.56. The summed E-state index contributed by atoms with van der Waals surface area (Å²) in [6.07, 6.45) is 12.8. The summed E-state index contributed by atoms with van der Waals surface area (Å²) in [4.78, 5) is 29.8. The number of ether oxygens (including phenoxy) is 2. The zero-order valence-electron chi connectivity index (χ0n) is 23.9. The topological polar surface area (TPSA) is 114 Å². The quantitative estimate of drug-likeness (QED) is 0.128. The molecule has 0 aliphatic heterocycles. The third-order valence-corrected chi connectivity index (χ3v) is 6.87. The number of hydrogen-bond donors (Lipinski definition) is 0. The van der Waals surface area contributed by atoms with Crippen LogP contribution in [0.2, 0.25) is 0 Å². The van der Waals surface area contributed by atoms with Crippen molar-refractivity contribution in [2.24, 2.45) is 0 Å². The van der Waals surface area contributed by atoms with Gasteiger partial charge in [0.05, 0.1) is 0 Å². The van der Waals surface area contributed by atoms with Crippen LogP contribution < -0.4 is 9.47 Å². The van der Waals surface area contributed by atoms with Gasteiger partial charge in [-0.15, -0.1) is 71.8 Å². The Kier molecular flexibility index (Phi) is 9.50. The van der Waals surface area contributed by atoms with Gasteiger partial charge in [0, 0.05) is 71.6 Å². The van der Waals surface area contributed by atoms with Crippen LogP contribution in [0.1, 0.15) is 0 Å². The van der Waals surface area contributed by atoms with Gasteiger partial charge in [0.2, 0.25) is 5.95 Å². The molecule has 0 unspecified atom stereocenters. The summed E-state index contributed by atoms with van der Waals surface area (Å²) in [5.74, 6) is 2.40. The van der Waals surface area contributed by atoms with E-state index >= 15 is 0 Å². The summed E-state index contributed by atoms with van der Waals surface area (Å²) in [5, 5.41) is 1.82. The summed E-state index contributed by atoms with van der Waals surface area (Å²) in [6.45, 7) is 0. The molecule has 0 radical (unpaired) electrons. The van der Waals surface area contributed by atoms with Crippen molar-refractivity contribution in [1.82, 2.24) is 39.5 Å². The second-order valence-electron chi connectivity index (χ2n) is 9.69. The van der Waals surface area contributed by atoms with Gasteiger partial charge in [-0.05, 0) is 0 Å². The number of nitrogens with zero attached hydrogens (tertiary/aromatic N) is 8. The average Bonchev–Trinajstić information content (AvgIpc) is 3.42. The normalized spacial score (nSPS) is 10.6. The smallest absolute Gasteiger partial charge is 0.503 e. The molecule has 0 aliphatic rings. The Morgan fingerprint density at radius 1 is 0.511 bits per heavy atom. The fraction of sp³-hybridized carbons (Fsp3) is 0. The van der Waals surface area contributed by atoms with Crippen molar-refractivity contribution in [2.45, 2.75) is 0 Å². The molecule has 8 aromatic rings. The molecule has 0 spiro atoms. The molecule has 0 bridgehead atoms. The zero-order valence-corrected chi connectivity index (χ0v) is 27.7. The van der Waals surface area contributed by atoms with Crippen molar-refractivity contribution in [3.8, 4) is 51.5 Å². The van der Waals surface area contributed by atoms with Crippen LogP contribution >= 0.6 is 0 Å². The molecule has 4 heterocycles. The zero-order chi connectivity index (χ0) is 30.0. The molecule has 0 amide bonds. The summed E-state index contributed by atoms with van der Waals surface area (Å²) in [5.41, 5.74) is 4.32. The number of fused-ring (bicyclic) bond motifs is 3. The van der Waals surface area contributed by atoms with E-state index in [-0.39, 0.29) is 41.5 Å². The molecule has 12 heteroatoms. The van der Waals surface area contributed by atoms with Crippen LogP contribution in [0.15, 0.2) is 110 Å². The molecule has 10 nitrogen and oxygen atoms in total. The van der Waals surface area contributed by atoms with Crippen molar-refractivity contribution in [3.05, 3.63) is 135 Å². The largest absolute Gasteiger partial charge is 2.00 e. The molecule has 4 aromatic heterocycles. The molecule has 230 valence electrons. The van der Waals surface area contributed by atoms with Gasteiger partial charge in [0.25, 0.3) is 0 Å². The molecule has 0 fully saturated rings. The minimum atomic E-state index is 0. The molecule has 0 saturated carbocycles. The molecule has 0 saturated heterocycles. The Labute approximate surface area is 296 Å². The Balaban J connectivity index is 0.00000193. The van der Waals surface area contributed by atoms with E-state index in [1.807, 2.05) is 65.2 Å². The Bertz CT molecular complexity index is 2150. The third-order valence-electron chi connectivity index (χ3n) is 6.87. The minimum absolute atomic E-state index is 0. The molecule has 4 aromatic carbocycles. The Hall–Kier alpha value is -5.20. The first-order chi connectivity index (χ1) is 22.3. The van der Waals surface area contributed by atoms with Crippen LogP contribution in [-0.2, 0) is 41.5 Å². The Morgan fingerprint density at radius 3 is 1.47 bits per heavy atom. The van der Waals surface area contributed by atoms with Crippen LogP contribution in [0.5, 0.6) is 23.0 Å². The maximum atomic E-state index is 6.21. The number of aromatic nitrogens is 8. The first-order valence-electron chi connectivity index (χ1n) is 13.8. The standard InChI is InChI=1S/C35H18N8O2.Pd.Pt/c1-3-23(31-19-36-11-13-39-31)15-25(5-1)44-27-7-9-29-30-10-8-28(18-34(30)43(33(29)17-27)35-41-21-38-22-42-35)45-26-6-2-4-24(16-26)32-20-37-12-14-40-32;;/h1-14,19-22H;;/q-4;2*+2. The number of hydrogen-bond acceptors (Lipinski definition) is 9. The monoisotopic (exact) mass is 883 g/mol. The van der Waals surface area contributed by atoms with Gasteiger partial charge in [-0.25, -0.2) is 15.0 Å². The first kappa shape index (κ1) is 31.8. The molecular weight excluding hydrogens is 866 g/mol. The van der Waals surface area contributed by atoms with Crippen molar-refractivity contribution in [3.63, 3.8) is 0 Å². The van der Waals surface area contributed by atoms with Crippen molar-refractivity contribution >= 4 is 21.8 Å². The van der Waals surface area contributed by atoms with E-state index in [4.69, 9.17) is 9.47 Å². The number of rotatable bonds is 7. The second-order valence-corrected chi connectivity index (χ2v) is 9.69. The van der Waals surface area contributed by atoms with Gasteiger partial charge in [0.15, 0.2) is 0 Å². The van der Waals surface area contributed by atoms with E-state index in [2.05, 4.69) is 59.2 Å². The minimum Gasteiger partial charge on any atom is -0.503 e. The predicted octanol–water partition coefficient (Wildman–Crippen LogP) is 6.66. The van der Waals surface area contributed by atoms with Crippen molar-refractivity contribution in [2.75, 3.05) is 0 Å². The van der Waals surface area contributed by atoms with E-state index in [9.17, 15) is 0 Å². The van der Waals surface area contributed by atoms with E-state index < -0.39 is 0 Å². The Morgan fingerprint density at radius 2 is 1.00 bits per heavy atom. The van der Waals surface area contributed by atoms with Crippen LogP contribution in [0.25, 0.3) is 50.3 Å². The maximum Gasteiger partial charge on any atom is 2.00 e. The first-order valence-corrected chi connectivity index (χ1v) is 13.8. The summed E-state index contributed by atoms with van der Waals surface area (Å²) in [6, 6.07) is 32.2. The van der Waals surface area contributed by atoms with Gasteiger partial charge in [-0.3, -0.25) is 9.97 Å². The summed E-state index contributed by atoms with van der Waals surface area (Å²) in [7, 11) is 0. The van der Waals surface area contributed by atoms with Crippen LogP contribution in [0.3, 0.4) is 0 Å². The molecular formula is C35H18N8O2PdPt. The summed E-state index contributed by atoms with van der Waals surface area (Å²) >= 11 is 0. The van der Waals surface area contributed by atoms with Gasteiger partial charge in [-0.2, -0.15) is 22.9 Å². The number of benzene rings is 4. The van der Waals surface area contributed by atoms with Crippen LogP contribution in [0, 0.1) is 24.3 Å². The van der Waals surface area contributed by atoms with Gasteiger partial charge >= 0.3 is 41.5 Å². The van der Waals surface area contributed by atoms with Crippen molar-refractivity contribution < 1.29 is 51.0 Å². The molecule has 0 aliphatic carbocycles. The van der Waals surface area contributed by atoms with Gasteiger partial charge in [-0.1, -0.05) is 23.2 Å². The fourth-order valence-electron chi connectivity index (χ4n) is 4.92. The average molecular weight is 884 g/mol. The van der Waals surface area contributed by atoms with E-state index in [1.165, 1.54) is 12.7 Å². The predicted molar refractivity (Wildman–Crippen MR) is 165 cm³/mol. The van der Waals surface area contributed by atoms with E-state index in [1.54, 1.807) is 37.2 Å². The molecule has 0 atom stereocenters. The molecule has 8 rings (SSSR count). The SMILES string of the molecule is [Pd+2].[Pt+2].[c-]1c(Oc2[c-]c3c(cc2)c2ccc(Oc4[c-]c(-c5cnccn5)ccc4)[c-]c2n3-c2ncncn2)cccc1-c1cnccn1. The van der Waals surface area contributed by atoms with E-state index in [0.717, 1.165) is 21.9 Å². The maximum absolute atomic E-state index is 6.21. The van der Waals surface area contributed by atoms with Crippen molar-refractivity contribution in [1.29, 1.82) is 0 Å².